The number of piperazine rings is 1. The summed E-state index contributed by atoms with van der Waals surface area (Å²) in [4.78, 5) is 2.48. The fourth-order valence-corrected chi connectivity index (χ4v) is 1.62. The van der Waals surface area contributed by atoms with Gasteiger partial charge in [-0.25, -0.2) is 0 Å². The number of nitrogens with zero attached hydrogens (tertiary/aromatic N) is 1. The minimum Gasteiger partial charge on any atom is -0.383 e. The van der Waals surface area contributed by atoms with Crippen LogP contribution in [0.25, 0.3) is 0 Å². The largest absolute Gasteiger partial charge is 0.383 e. The third-order valence-electron chi connectivity index (χ3n) is 2.48. The summed E-state index contributed by atoms with van der Waals surface area (Å²) in [6.07, 6.45) is 0. The molecule has 14 heavy (non-hydrogen) atoms. The summed E-state index contributed by atoms with van der Waals surface area (Å²) >= 11 is 0. The Labute approximate surface area is 88.8 Å². The van der Waals surface area contributed by atoms with E-state index in [4.69, 9.17) is 4.74 Å². The number of ether oxygens (including phenoxy) is 1. The predicted molar refractivity (Wildman–Crippen MR) is 61.7 cm³/mol. The summed E-state index contributed by atoms with van der Waals surface area (Å²) < 4.78 is 5.07. The molecule has 0 amide bonds. The van der Waals surface area contributed by atoms with E-state index >= 15 is 0 Å². The molecule has 1 heterocycles. The van der Waals surface area contributed by atoms with Crippen LogP contribution in [0.4, 0.5) is 0 Å². The summed E-state index contributed by atoms with van der Waals surface area (Å²) in [6.45, 7) is 12.6. The Morgan fingerprint density at radius 1 is 1.36 bits per heavy atom. The number of nitrogens with one attached hydrogen (secondary N) is 1. The monoisotopic (exact) mass is 202 g/mol. The molecule has 1 fully saturated rings. The molecule has 0 aromatic carbocycles. The highest BCUT2D eigenvalue weighted by Gasteiger charge is 2.21. The Hall–Kier alpha value is -0.120. The average Bonchev–Trinajstić information content (AvgIpc) is 2.22. The van der Waals surface area contributed by atoms with Crippen LogP contribution in [0.15, 0.2) is 0 Å². The van der Waals surface area contributed by atoms with Crippen molar-refractivity contribution in [3.8, 4) is 0 Å². The van der Waals surface area contributed by atoms with Gasteiger partial charge in [-0.3, -0.25) is 4.90 Å². The SMILES string of the molecule is CC.COCCN1CC(C)NCC1C. The van der Waals surface area contributed by atoms with Gasteiger partial charge in [0.05, 0.1) is 6.61 Å². The van der Waals surface area contributed by atoms with Gasteiger partial charge in [0.25, 0.3) is 0 Å². The van der Waals surface area contributed by atoms with Crippen LogP contribution in [-0.4, -0.2) is 50.3 Å². The Balaban J connectivity index is 0.000000791. The first kappa shape index (κ1) is 13.9. The maximum atomic E-state index is 5.07. The van der Waals surface area contributed by atoms with Crippen molar-refractivity contribution < 1.29 is 4.74 Å². The topological polar surface area (TPSA) is 24.5 Å². The van der Waals surface area contributed by atoms with Gasteiger partial charge < -0.3 is 10.1 Å². The second kappa shape index (κ2) is 8.21. The van der Waals surface area contributed by atoms with Gasteiger partial charge in [0.1, 0.15) is 0 Å². The van der Waals surface area contributed by atoms with E-state index in [9.17, 15) is 0 Å². The van der Waals surface area contributed by atoms with Crippen LogP contribution in [0.2, 0.25) is 0 Å². The van der Waals surface area contributed by atoms with Crippen molar-refractivity contribution in [3.63, 3.8) is 0 Å². The Morgan fingerprint density at radius 3 is 2.57 bits per heavy atom. The van der Waals surface area contributed by atoms with Crippen molar-refractivity contribution in [2.24, 2.45) is 0 Å². The van der Waals surface area contributed by atoms with Gasteiger partial charge in [0.2, 0.25) is 0 Å². The Kier molecular flexibility index (Phi) is 8.14. The molecule has 0 bridgehead atoms. The van der Waals surface area contributed by atoms with E-state index in [2.05, 4.69) is 24.1 Å². The Morgan fingerprint density at radius 2 is 2.00 bits per heavy atom. The lowest BCUT2D eigenvalue weighted by molar-refractivity contribution is 0.0966. The molecule has 1 saturated heterocycles. The minimum absolute atomic E-state index is 0.623. The first-order valence-corrected chi connectivity index (χ1v) is 5.70. The van der Waals surface area contributed by atoms with Gasteiger partial charge in [0.15, 0.2) is 0 Å². The fraction of sp³-hybridized carbons (Fsp3) is 1.00. The van der Waals surface area contributed by atoms with Crippen LogP contribution < -0.4 is 5.32 Å². The zero-order chi connectivity index (χ0) is 11.0. The van der Waals surface area contributed by atoms with Crippen molar-refractivity contribution in [3.05, 3.63) is 0 Å². The molecule has 1 aliphatic heterocycles. The van der Waals surface area contributed by atoms with Crippen LogP contribution in [0, 0.1) is 0 Å². The lowest BCUT2D eigenvalue weighted by Crippen LogP contribution is -2.54. The summed E-state index contributed by atoms with van der Waals surface area (Å²) in [5.41, 5.74) is 0. The van der Waals surface area contributed by atoms with E-state index in [0.29, 0.717) is 12.1 Å². The molecule has 3 nitrogen and oxygen atoms in total. The first-order chi connectivity index (χ1) is 6.74. The van der Waals surface area contributed by atoms with Crippen molar-refractivity contribution in [2.75, 3.05) is 33.4 Å². The molecule has 1 N–H and O–H groups in total. The maximum absolute atomic E-state index is 5.07. The third kappa shape index (κ3) is 4.94. The zero-order valence-electron chi connectivity index (χ0n) is 10.3. The number of rotatable bonds is 3. The first-order valence-electron chi connectivity index (χ1n) is 5.70. The summed E-state index contributed by atoms with van der Waals surface area (Å²) in [6, 6.07) is 1.27. The molecular weight excluding hydrogens is 176 g/mol. The second-order valence-electron chi connectivity index (χ2n) is 3.65. The maximum Gasteiger partial charge on any atom is 0.0589 e. The molecule has 2 unspecified atom stereocenters. The van der Waals surface area contributed by atoms with E-state index in [0.717, 1.165) is 26.2 Å². The van der Waals surface area contributed by atoms with Gasteiger partial charge in [-0.05, 0) is 13.8 Å². The van der Waals surface area contributed by atoms with Gasteiger partial charge in [-0.2, -0.15) is 0 Å². The molecule has 0 aliphatic carbocycles. The van der Waals surface area contributed by atoms with Gasteiger partial charge in [-0.1, -0.05) is 13.8 Å². The highest BCUT2D eigenvalue weighted by Crippen LogP contribution is 2.05. The predicted octanol–water partition coefficient (Wildman–Crippen LogP) is 1.34. The molecule has 0 aromatic heterocycles. The van der Waals surface area contributed by atoms with E-state index in [1.165, 1.54) is 0 Å². The number of methoxy groups -OCH3 is 1. The standard InChI is InChI=1S/C9H20N2O.C2H6/c1-8-7-11(4-5-12-3)9(2)6-10-8;1-2/h8-10H,4-7H2,1-3H3;1-2H3. The summed E-state index contributed by atoms with van der Waals surface area (Å²) in [5.74, 6) is 0. The highest BCUT2D eigenvalue weighted by molar-refractivity contribution is 4.80. The van der Waals surface area contributed by atoms with Crippen molar-refractivity contribution in [1.29, 1.82) is 0 Å². The van der Waals surface area contributed by atoms with E-state index < -0.39 is 0 Å². The molecule has 0 radical (unpaired) electrons. The van der Waals surface area contributed by atoms with Crippen LogP contribution in [-0.2, 0) is 4.74 Å². The quantitative estimate of drug-likeness (QED) is 0.747. The molecule has 3 heteroatoms. The summed E-state index contributed by atoms with van der Waals surface area (Å²) in [5, 5.41) is 3.46. The molecule has 2 atom stereocenters. The molecule has 86 valence electrons. The smallest absolute Gasteiger partial charge is 0.0589 e. The van der Waals surface area contributed by atoms with Crippen LogP contribution >= 0.6 is 0 Å². The molecule has 1 aliphatic rings. The van der Waals surface area contributed by atoms with Crippen LogP contribution in [0.1, 0.15) is 27.7 Å². The van der Waals surface area contributed by atoms with Gasteiger partial charge in [0, 0.05) is 38.8 Å². The van der Waals surface area contributed by atoms with Crippen molar-refractivity contribution >= 4 is 0 Å². The molecule has 0 aromatic rings. The average molecular weight is 202 g/mol. The normalized spacial score (nSPS) is 28.1. The van der Waals surface area contributed by atoms with Crippen LogP contribution in [0.5, 0.6) is 0 Å². The number of hydrogen-bond donors (Lipinski definition) is 1. The third-order valence-corrected chi connectivity index (χ3v) is 2.48. The minimum atomic E-state index is 0.623. The molecular formula is C11H26N2O. The molecule has 0 saturated carbocycles. The lowest BCUT2D eigenvalue weighted by atomic mass is 10.1. The summed E-state index contributed by atoms with van der Waals surface area (Å²) in [7, 11) is 1.76. The van der Waals surface area contributed by atoms with Crippen molar-refractivity contribution in [2.45, 2.75) is 39.8 Å². The van der Waals surface area contributed by atoms with E-state index in [1.54, 1.807) is 7.11 Å². The van der Waals surface area contributed by atoms with Crippen molar-refractivity contribution in [1.82, 2.24) is 10.2 Å². The van der Waals surface area contributed by atoms with Gasteiger partial charge in [-0.15, -0.1) is 0 Å². The number of hydrogen-bond acceptors (Lipinski definition) is 3. The zero-order valence-corrected chi connectivity index (χ0v) is 10.3. The molecule has 1 rings (SSSR count). The fourth-order valence-electron chi connectivity index (χ4n) is 1.62. The van der Waals surface area contributed by atoms with E-state index in [1.807, 2.05) is 13.8 Å². The van der Waals surface area contributed by atoms with Crippen LogP contribution in [0.3, 0.4) is 0 Å². The van der Waals surface area contributed by atoms with Gasteiger partial charge >= 0.3 is 0 Å². The Bertz CT molecular complexity index is 130. The lowest BCUT2D eigenvalue weighted by Gasteiger charge is -2.37. The molecule has 0 spiro atoms. The highest BCUT2D eigenvalue weighted by atomic mass is 16.5. The van der Waals surface area contributed by atoms with E-state index in [-0.39, 0.29) is 0 Å². The second-order valence-corrected chi connectivity index (χ2v) is 3.65.